The van der Waals surface area contributed by atoms with Crippen LogP contribution in [0.2, 0.25) is 0 Å². The fourth-order valence-corrected chi connectivity index (χ4v) is 2.81. The summed E-state index contributed by atoms with van der Waals surface area (Å²) in [6.07, 6.45) is 6.20. The largest absolute Gasteiger partial charge is 0.198 e. The molecule has 2 aliphatic rings. The number of hydrogen-bond acceptors (Lipinski definition) is 1. The Balaban J connectivity index is 2.15. The molecule has 1 heteroatoms. The van der Waals surface area contributed by atoms with Gasteiger partial charge in [-0.2, -0.15) is 5.26 Å². The number of fused-ring (bicyclic) bond motifs is 2. The minimum atomic E-state index is 0.651. The zero-order valence-electron chi connectivity index (χ0n) is 7.64. The second-order valence-electron chi connectivity index (χ2n) is 4.22. The van der Waals surface area contributed by atoms with Gasteiger partial charge in [-0.15, -0.1) is 0 Å². The predicted octanol–water partition coefficient (Wildman–Crippen LogP) is 3.04. The maximum atomic E-state index is 8.58. The Kier molecular flexibility index (Phi) is 1.92. The topological polar surface area (TPSA) is 23.8 Å². The molecule has 2 unspecified atom stereocenters. The number of nitrogens with zero attached hydrogens (tertiary/aromatic N) is 1. The lowest BCUT2D eigenvalue weighted by atomic mass is 9.90. The molecule has 0 aromatic heterocycles. The summed E-state index contributed by atoms with van der Waals surface area (Å²) in [7, 11) is 0. The number of allylic oxidation sites excluding steroid dienone is 2. The minimum absolute atomic E-state index is 0.651. The first-order valence-electron chi connectivity index (χ1n) is 4.86. The molecule has 0 saturated heterocycles. The van der Waals surface area contributed by atoms with Gasteiger partial charge in [0.25, 0.3) is 0 Å². The van der Waals surface area contributed by atoms with E-state index in [1.807, 2.05) is 0 Å². The van der Waals surface area contributed by atoms with Crippen LogP contribution in [-0.4, -0.2) is 0 Å². The van der Waals surface area contributed by atoms with Crippen LogP contribution in [0.25, 0.3) is 0 Å². The minimum Gasteiger partial charge on any atom is -0.198 e. The monoisotopic (exact) mass is 161 g/mol. The van der Waals surface area contributed by atoms with Crippen LogP contribution in [0, 0.1) is 23.2 Å². The van der Waals surface area contributed by atoms with Crippen LogP contribution in [0.1, 0.15) is 39.0 Å². The summed E-state index contributed by atoms with van der Waals surface area (Å²) < 4.78 is 0. The molecular weight excluding hydrogens is 146 g/mol. The van der Waals surface area contributed by atoms with Gasteiger partial charge >= 0.3 is 0 Å². The zero-order valence-corrected chi connectivity index (χ0v) is 7.64. The van der Waals surface area contributed by atoms with Crippen molar-refractivity contribution in [1.29, 1.82) is 5.26 Å². The molecule has 2 rings (SSSR count). The zero-order chi connectivity index (χ0) is 8.55. The average molecular weight is 161 g/mol. The van der Waals surface area contributed by atoms with Gasteiger partial charge in [0, 0.05) is 0 Å². The molecule has 2 atom stereocenters. The molecule has 2 fully saturated rings. The maximum Gasteiger partial charge on any atom is 0.0666 e. The van der Waals surface area contributed by atoms with Gasteiger partial charge in [0.2, 0.25) is 0 Å². The van der Waals surface area contributed by atoms with Crippen LogP contribution in [-0.2, 0) is 0 Å². The molecule has 2 bridgehead atoms. The summed E-state index contributed by atoms with van der Waals surface area (Å²) in [5, 5.41) is 8.58. The molecule has 0 aromatic rings. The van der Waals surface area contributed by atoms with E-state index >= 15 is 0 Å². The molecule has 12 heavy (non-hydrogen) atoms. The Morgan fingerprint density at radius 2 is 2.42 bits per heavy atom. The molecule has 0 aliphatic heterocycles. The summed E-state index contributed by atoms with van der Waals surface area (Å²) >= 11 is 0. The highest BCUT2D eigenvalue weighted by Crippen LogP contribution is 2.49. The van der Waals surface area contributed by atoms with Crippen LogP contribution in [0.15, 0.2) is 11.1 Å². The molecule has 1 nitrogen and oxygen atoms in total. The average Bonchev–Trinajstić information content (AvgIpc) is 2.64. The van der Waals surface area contributed by atoms with Gasteiger partial charge in [-0.3, -0.25) is 0 Å². The molecule has 0 heterocycles. The van der Waals surface area contributed by atoms with E-state index in [2.05, 4.69) is 13.0 Å². The van der Waals surface area contributed by atoms with Crippen molar-refractivity contribution in [3.63, 3.8) is 0 Å². The van der Waals surface area contributed by atoms with Crippen molar-refractivity contribution in [2.45, 2.75) is 39.0 Å². The van der Waals surface area contributed by atoms with Crippen LogP contribution < -0.4 is 0 Å². The van der Waals surface area contributed by atoms with Crippen molar-refractivity contribution in [3.8, 4) is 6.07 Å². The first-order valence-corrected chi connectivity index (χ1v) is 4.86. The lowest BCUT2D eigenvalue weighted by Crippen LogP contribution is -2.00. The quantitative estimate of drug-likeness (QED) is 0.542. The summed E-state index contributed by atoms with van der Waals surface area (Å²) in [5.74, 6) is 1.84. The third kappa shape index (κ3) is 1.16. The SMILES string of the molecule is C/C(CC#N)=C1\CC2CCC1C2. The van der Waals surface area contributed by atoms with Gasteiger partial charge in [0.05, 0.1) is 12.5 Å². The predicted molar refractivity (Wildman–Crippen MR) is 48.4 cm³/mol. The van der Waals surface area contributed by atoms with Crippen LogP contribution in [0.4, 0.5) is 0 Å². The normalized spacial score (nSPS) is 36.7. The van der Waals surface area contributed by atoms with Gasteiger partial charge in [0.1, 0.15) is 0 Å². The van der Waals surface area contributed by atoms with Crippen LogP contribution in [0.3, 0.4) is 0 Å². The summed E-state index contributed by atoms with van der Waals surface area (Å²) in [4.78, 5) is 0. The van der Waals surface area contributed by atoms with Gasteiger partial charge in [-0.05, 0) is 44.4 Å². The molecule has 0 N–H and O–H groups in total. The molecule has 2 saturated carbocycles. The fraction of sp³-hybridized carbons (Fsp3) is 0.727. The molecule has 0 aromatic carbocycles. The molecule has 2 aliphatic carbocycles. The van der Waals surface area contributed by atoms with Gasteiger partial charge in [-0.1, -0.05) is 11.1 Å². The van der Waals surface area contributed by atoms with Gasteiger partial charge in [0.15, 0.2) is 0 Å². The number of nitriles is 1. The number of rotatable bonds is 1. The molecule has 0 amide bonds. The highest BCUT2D eigenvalue weighted by molar-refractivity contribution is 5.24. The highest BCUT2D eigenvalue weighted by atomic mass is 14.4. The smallest absolute Gasteiger partial charge is 0.0666 e. The van der Waals surface area contributed by atoms with E-state index in [-0.39, 0.29) is 0 Å². The molecular formula is C11H15N. The fourth-order valence-electron chi connectivity index (χ4n) is 2.81. The standard InChI is InChI=1S/C11H15N/c1-8(4-5-12)11-7-9-2-3-10(11)6-9/h9-10H,2-4,6-7H2,1H3/b11-8-. The second-order valence-corrected chi connectivity index (χ2v) is 4.22. The summed E-state index contributed by atoms with van der Waals surface area (Å²) in [6, 6.07) is 2.25. The Morgan fingerprint density at radius 1 is 1.58 bits per heavy atom. The Hall–Kier alpha value is -0.770. The van der Waals surface area contributed by atoms with E-state index in [1.54, 1.807) is 5.57 Å². The van der Waals surface area contributed by atoms with Crippen molar-refractivity contribution in [2.24, 2.45) is 11.8 Å². The third-order valence-corrected chi connectivity index (χ3v) is 3.44. The third-order valence-electron chi connectivity index (χ3n) is 3.44. The van der Waals surface area contributed by atoms with Crippen molar-refractivity contribution in [1.82, 2.24) is 0 Å². The molecule has 64 valence electrons. The summed E-state index contributed by atoms with van der Waals surface area (Å²) in [6.45, 7) is 2.14. The van der Waals surface area contributed by atoms with E-state index in [9.17, 15) is 0 Å². The molecule has 0 radical (unpaired) electrons. The Labute approximate surface area is 74.1 Å². The highest BCUT2D eigenvalue weighted by Gasteiger charge is 2.35. The van der Waals surface area contributed by atoms with Gasteiger partial charge < -0.3 is 0 Å². The second kappa shape index (κ2) is 2.94. The van der Waals surface area contributed by atoms with E-state index in [4.69, 9.17) is 5.26 Å². The van der Waals surface area contributed by atoms with Crippen molar-refractivity contribution < 1.29 is 0 Å². The van der Waals surface area contributed by atoms with Crippen molar-refractivity contribution in [3.05, 3.63) is 11.1 Å². The first kappa shape index (κ1) is 7.86. The van der Waals surface area contributed by atoms with E-state index in [0.717, 1.165) is 11.8 Å². The first-order chi connectivity index (χ1) is 5.81. The van der Waals surface area contributed by atoms with E-state index < -0.39 is 0 Å². The Morgan fingerprint density at radius 3 is 2.92 bits per heavy atom. The Bertz CT molecular complexity index is 257. The number of hydrogen-bond donors (Lipinski definition) is 0. The van der Waals surface area contributed by atoms with Crippen molar-refractivity contribution >= 4 is 0 Å². The van der Waals surface area contributed by atoms with E-state index in [1.165, 1.54) is 31.3 Å². The summed E-state index contributed by atoms with van der Waals surface area (Å²) in [5.41, 5.74) is 3.00. The maximum absolute atomic E-state index is 8.58. The molecule has 0 spiro atoms. The van der Waals surface area contributed by atoms with Crippen LogP contribution >= 0.6 is 0 Å². The lowest BCUT2D eigenvalue weighted by molar-refractivity contribution is 0.556. The van der Waals surface area contributed by atoms with E-state index in [0.29, 0.717) is 6.42 Å². The van der Waals surface area contributed by atoms with Crippen LogP contribution in [0.5, 0.6) is 0 Å². The lowest BCUT2D eigenvalue weighted by Gasteiger charge is -2.15. The van der Waals surface area contributed by atoms with Gasteiger partial charge in [-0.25, -0.2) is 0 Å². The van der Waals surface area contributed by atoms with Crippen molar-refractivity contribution in [2.75, 3.05) is 0 Å².